The van der Waals surface area contributed by atoms with Crippen LogP contribution >= 0.6 is 0 Å². The van der Waals surface area contributed by atoms with Gasteiger partial charge in [-0.25, -0.2) is 10.8 Å². The zero-order valence-corrected chi connectivity index (χ0v) is 11.4. The topological polar surface area (TPSA) is 75.9 Å². The van der Waals surface area contributed by atoms with Crippen molar-refractivity contribution in [2.45, 2.75) is 26.2 Å². The second-order valence-electron chi connectivity index (χ2n) is 5.35. The summed E-state index contributed by atoms with van der Waals surface area (Å²) in [6, 6.07) is 8.18. The van der Waals surface area contributed by atoms with Gasteiger partial charge in [-0.2, -0.15) is 0 Å². The largest absolute Gasteiger partial charge is 0.339 e. The minimum atomic E-state index is 0.0563. The van der Waals surface area contributed by atoms with Crippen molar-refractivity contribution >= 4 is 17.3 Å². The Kier molecular flexibility index (Phi) is 3.66. The lowest BCUT2D eigenvalue weighted by Gasteiger charge is -2.23. The molecule has 0 saturated carbocycles. The number of rotatable bonds is 3. The molecule has 2 aromatic rings. The van der Waals surface area contributed by atoms with E-state index in [-0.39, 0.29) is 5.41 Å². The zero-order chi connectivity index (χ0) is 13.9. The highest BCUT2D eigenvalue weighted by Gasteiger charge is 2.17. The molecular formula is C14H19N5. The number of nitrogens with zero attached hydrogens (tertiary/aromatic N) is 2. The summed E-state index contributed by atoms with van der Waals surface area (Å²) in [6.45, 7) is 6.53. The first-order chi connectivity index (χ1) is 9.00. The number of nitrogen functional groups attached to an aromatic ring is 1. The number of hydrazine groups is 1. The first-order valence-corrected chi connectivity index (χ1v) is 6.16. The Balaban J connectivity index is 2.33. The zero-order valence-electron chi connectivity index (χ0n) is 11.4. The molecule has 0 fully saturated rings. The van der Waals surface area contributed by atoms with Crippen molar-refractivity contribution in [2.75, 3.05) is 10.7 Å². The molecule has 5 heteroatoms. The third-order valence-electron chi connectivity index (χ3n) is 2.78. The van der Waals surface area contributed by atoms with E-state index in [1.54, 1.807) is 12.4 Å². The van der Waals surface area contributed by atoms with Crippen LogP contribution in [0.3, 0.4) is 0 Å². The highest BCUT2D eigenvalue weighted by atomic mass is 15.3. The Bertz CT molecular complexity index is 560. The van der Waals surface area contributed by atoms with Crippen LogP contribution in [0.5, 0.6) is 0 Å². The quantitative estimate of drug-likeness (QED) is 0.582. The minimum Gasteiger partial charge on any atom is -0.339 e. The number of para-hydroxylation sites is 1. The molecule has 1 aromatic carbocycles. The van der Waals surface area contributed by atoms with Crippen molar-refractivity contribution in [1.82, 2.24) is 9.97 Å². The predicted molar refractivity (Wildman–Crippen MR) is 78.3 cm³/mol. The van der Waals surface area contributed by atoms with Gasteiger partial charge in [-0.1, -0.05) is 39.0 Å². The molecule has 0 amide bonds. The van der Waals surface area contributed by atoms with Crippen molar-refractivity contribution in [3.8, 4) is 0 Å². The minimum absolute atomic E-state index is 0.0563. The first kappa shape index (κ1) is 13.3. The van der Waals surface area contributed by atoms with Crippen LogP contribution in [0.4, 0.5) is 17.3 Å². The third-order valence-corrected chi connectivity index (χ3v) is 2.78. The summed E-state index contributed by atoms with van der Waals surface area (Å²) in [7, 11) is 0. The van der Waals surface area contributed by atoms with Gasteiger partial charge < -0.3 is 10.7 Å². The summed E-state index contributed by atoms with van der Waals surface area (Å²) in [4.78, 5) is 8.38. The second kappa shape index (κ2) is 5.24. The average Bonchev–Trinajstić information content (AvgIpc) is 2.38. The molecule has 4 N–H and O–H groups in total. The molecular weight excluding hydrogens is 238 g/mol. The monoisotopic (exact) mass is 257 g/mol. The first-order valence-electron chi connectivity index (χ1n) is 6.16. The Morgan fingerprint density at radius 1 is 1.05 bits per heavy atom. The maximum atomic E-state index is 5.33. The van der Waals surface area contributed by atoms with Gasteiger partial charge in [-0.15, -0.1) is 0 Å². The van der Waals surface area contributed by atoms with Crippen LogP contribution in [0, 0.1) is 0 Å². The fourth-order valence-electron chi connectivity index (χ4n) is 1.88. The van der Waals surface area contributed by atoms with Crippen LogP contribution in [0.15, 0.2) is 36.7 Å². The smallest absolute Gasteiger partial charge is 0.160 e. The molecule has 0 radical (unpaired) electrons. The molecule has 0 saturated heterocycles. The lowest BCUT2D eigenvalue weighted by Crippen LogP contribution is -2.14. The number of hydrogen-bond acceptors (Lipinski definition) is 5. The van der Waals surface area contributed by atoms with E-state index in [0.717, 1.165) is 5.69 Å². The van der Waals surface area contributed by atoms with E-state index in [2.05, 4.69) is 47.5 Å². The summed E-state index contributed by atoms with van der Waals surface area (Å²) >= 11 is 0. The standard InChI is InChI=1S/C14H19N5/c1-14(2,3)10-6-4-5-7-11(10)17-12-8-16-9-13(18-12)19-15/h4-9H,15H2,1-3H3,(H2,17,18,19). The van der Waals surface area contributed by atoms with E-state index in [4.69, 9.17) is 5.84 Å². The van der Waals surface area contributed by atoms with Crippen LogP contribution in [0.1, 0.15) is 26.3 Å². The van der Waals surface area contributed by atoms with Gasteiger partial charge in [0.1, 0.15) is 0 Å². The van der Waals surface area contributed by atoms with E-state index in [1.165, 1.54) is 5.56 Å². The van der Waals surface area contributed by atoms with Crippen LogP contribution in [-0.2, 0) is 5.41 Å². The number of aromatic nitrogens is 2. The molecule has 1 heterocycles. The maximum absolute atomic E-state index is 5.33. The van der Waals surface area contributed by atoms with Gasteiger partial charge in [0.05, 0.1) is 12.4 Å². The SMILES string of the molecule is CC(C)(C)c1ccccc1Nc1cncc(NN)n1. The lowest BCUT2D eigenvalue weighted by molar-refractivity contribution is 0.592. The normalized spacial score (nSPS) is 11.2. The Morgan fingerprint density at radius 3 is 2.42 bits per heavy atom. The summed E-state index contributed by atoms with van der Waals surface area (Å²) in [5, 5.41) is 3.28. The molecule has 0 spiro atoms. The van der Waals surface area contributed by atoms with Crippen molar-refractivity contribution in [3.05, 3.63) is 42.2 Å². The van der Waals surface area contributed by atoms with Crippen LogP contribution in [0.2, 0.25) is 0 Å². The molecule has 5 nitrogen and oxygen atoms in total. The summed E-state index contributed by atoms with van der Waals surface area (Å²) in [6.07, 6.45) is 3.24. The van der Waals surface area contributed by atoms with Gasteiger partial charge in [0.25, 0.3) is 0 Å². The summed E-state index contributed by atoms with van der Waals surface area (Å²) in [5.41, 5.74) is 4.79. The number of nitrogens with two attached hydrogens (primary N) is 1. The van der Waals surface area contributed by atoms with Gasteiger partial charge in [-0.05, 0) is 17.0 Å². The van der Waals surface area contributed by atoms with Gasteiger partial charge in [-0.3, -0.25) is 4.98 Å². The summed E-state index contributed by atoms with van der Waals surface area (Å²) in [5.74, 6) is 6.52. The Morgan fingerprint density at radius 2 is 1.74 bits per heavy atom. The fourth-order valence-corrected chi connectivity index (χ4v) is 1.88. The highest BCUT2D eigenvalue weighted by molar-refractivity contribution is 5.62. The predicted octanol–water partition coefficient (Wildman–Crippen LogP) is 2.80. The molecule has 1 aromatic heterocycles. The van der Waals surface area contributed by atoms with Crippen molar-refractivity contribution < 1.29 is 0 Å². The molecule has 100 valence electrons. The molecule has 0 aliphatic rings. The van der Waals surface area contributed by atoms with E-state index in [0.29, 0.717) is 11.6 Å². The van der Waals surface area contributed by atoms with Gasteiger partial charge in [0.15, 0.2) is 11.6 Å². The molecule has 0 bridgehead atoms. The maximum Gasteiger partial charge on any atom is 0.160 e. The second-order valence-corrected chi connectivity index (χ2v) is 5.35. The van der Waals surface area contributed by atoms with Crippen molar-refractivity contribution in [3.63, 3.8) is 0 Å². The van der Waals surface area contributed by atoms with E-state index >= 15 is 0 Å². The van der Waals surface area contributed by atoms with Gasteiger partial charge >= 0.3 is 0 Å². The van der Waals surface area contributed by atoms with Crippen LogP contribution < -0.4 is 16.6 Å². The van der Waals surface area contributed by atoms with E-state index in [9.17, 15) is 0 Å². The summed E-state index contributed by atoms with van der Waals surface area (Å²) < 4.78 is 0. The molecule has 0 atom stereocenters. The van der Waals surface area contributed by atoms with Gasteiger partial charge in [0.2, 0.25) is 0 Å². The van der Waals surface area contributed by atoms with Crippen molar-refractivity contribution in [2.24, 2.45) is 5.84 Å². The van der Waals surface area contributed by atoms with E-state index < -0.39 is 0 Å². The molecule has 19 heavy (non-hydrogen) atoms. The molecule has 0 aliphatic carbocycles. The lowest BCUT2D eigenvalue weighted by atomic mass is 9.86. The number of benzene rings is 1. The highest BCUT2D eigenvalue weighted by Crippen LogP contribution is 2.30. The number of anilines is 3. The third kappa shape index (κ3) is 3.20. The Hall–Kier alpha value is -2.14. The number of hydrogen-bond donors (Lipinski definition) is 3. The van der Waals surface area contributed by atoms with E-state index in [1.807, 2.05) is 18.2 Å². The van der Waals surface area contributed by atoms with Crippen molar-refractivity contribution in [1.29, 1.82) is 0 Å². The molecule has 2 rings (SSSR count). The number of nitrogens with one attached hydrogen (secondary N) is 2. The van der Waals surface area contributed by atoms with Gasteiger partial charge in [0, 0.05) is 5.69 Å². The molecule has 0 unspecified atom stereocenters. The van der Waals surface area contributed by atoms with Crippen LogP contribution in [-0.4, -0.2) is 9.97 Å². The average molecular weight is 257 g/mol. The Labute approximate surface area is 113 Å². The van der Waals surface area contributed by atoms with Crippen LogP contribution in [0.25, 0.3) is 0 Å². The molecule has 0 aliphatic heterocycles. The fraction of sp³-hybridized carbons (Fsp3) is 0.286.